The summed E-state index contributed by atoms with van der Waals surface area (Å²) in [7, 11) is 1.61. The number of methoxy groups -OCH3 is 1. The number of aromatic nitrogens is 2. The molecule has 0 bridgehead atoms. The Hall–Kier alpha value is -2.43. The summed E-state index contributed by atoms with van der Waals surface area (Å²) >= 11 is 0. The number of aryl methyl sites for hydroxylation is 1. The highest BCUT2D eigenvalue weighted by Gasteiger charge is 2.17. The number of ether oxygens (including phenoxy) is 1. The molecule has 0 atom stereocenters. The fraction of sp³-hybridized carbons (Fsp3) is 0.154. The lowest BCUT2D eigenvalue weighted by molar-refractivity contribution is 0.417. The molecule has 3 aromatic heterocycles. The van der Waals surface area contributed by atoms with E-state index in [1.807, 2.05) is 31.3 Å². The Balaban J connectivity index is 2.32. The Morgan fingerprint density at radius 3 is 2.89 bits per heavy atom. The molecule has 92 valence electrons. The van der Waals surface area contributed by atoms with Gasteiger partial charge in [-0.05, 0) is 30.7 Å². The maximum atomic E-state index is 6.11. The van der Waals surface area contributed by atoms with E-state index in [9.17, 15) is 0 Å². The molecule has 0 radical (unpaired) electrons. The number of rotatable bonds is 2. The zero-order valence-electron chi connectivity index (χ0n) is 10.2. The van der Waals surface area contributed by atoms with Gasteiger partial charge in [0.05, 0.1) is 13.4 Å². The van der Waals surface area contributed by atoms with Gasteiger partial charge in [0.2, 0.25) is 0 Å². The average Bonchev–Trinajstić information content (AvgIpc) is 2.93. The van der Waals surface area contributed by atoms with Gasteiger partial charge in [-0.25, -0.2) is 4.98 Å². The molecule has 0 saturated heterocycles. The molecule has 0 aromatic carbocycles. The molecule has 3 rings (SSSR count). The highest BCUT2D eigenvalue weighted by atomic mass is 16.5. The lowest BCUT2D eigenvalue weighted by Gasteiger charge is -2.01. The summed E-state index contributed by atoms with van der Waals surface area (Å²) in [4.78, 5) is 4.51. The maximum absolute atomic E-state index is 6.11. The number of pyridine rings is 1. The van der Waals surface area contributed by atoms with E-state index in [0.717, 1.165) is 5.56 Å². The zero-order valence-corrected chi connectivity index (χ0v) is 10.2. The van der Waals surface area contributed by atoms with E-state index in [4.69, 9.17) is 14.9 Å². The minimum absolute atomic E-state index is 0.543. The minimum atomic E-state index is 0.543. The van der Waals surface area contributed by atoms with Crippen molar-refractivity contribution in [1.29, 1.82) is 0 Å². The van der Waals surface area contributed by atoms with Crippen LogP contribution < -0.4 is 10.5 Å². The standard InChI is InChI=1S/C13H13N3O2/c1-8-5-7-18-11(8)10-12(14)16-6-3-4-9(17-2)13(16)15-10/h3-7H,14H2,1-2H3. The molecule has 18 heavy (non-hydrogen) atoms. The largest absolute Gasteiger partial charge is 0.493 e. The SMILES string of the molecule is COc1cccn2c(N)c(-c3occc3C)nc12. The van der Waals surface area contributed by atoms with Crippen molar-refractivity contribution < 1.29 is 9.15 Å². The Labute approximate surface area is 104 Å². The van der Waals surface area contributed by atoms with Gasteiger partial charge in [-0.2, -0.15) is 0 Å². The highest BCUT2D eigenvalue weighted by molar-refractivity contribution is 5.75. The van der Waals surface area contributed by atoms with E-state index in [1.54, 1.807) is 17.8 Å². The summed E-state index contributed by atoms with van der Waals surface area (Å²) in [6, 6.07) is 5.60. The first kappa shape index (κ1) is 10.7. The van der Waals surface area contributed by atoms with Crippen molar-refractivity contribution in [2.24, 2.45) is 0 Å². The number of nitrogens with two attached hydrogens (primary N) is 1. The monoisotopic (exact) mass is 243 g/mol. The fourth-order valence-electron chi connectivity index (χ4n) is 2.00. The summed E-state index contributed by atoms with van der Waals surface area (Å²) in [6.07, 6.45) is 3.48. The number of nitrogen functional groups attached to an aromatic ring is 1. The van der Waals surface area contributed by atoms with Gasteiger partial charge >= 0.3 is 0 Å². The smallest absolute Gasteiger partial charge is 0.182 e. The third-order valence-corrected chi connectivity index (χ3v) is 2.95. The summed E-state index contributed by atoms with van der Waals surface area (Å²) in [5, 5.41) is 0. The van der Waals surface area contributed by atoms with E-state index in [-0.39, 0.29) is 0 Å². The summed E-state index contributed by atoms with van der Waals surface area (Å²) in [6.45, 7) is 1.96. The second-order valence-corrected chi connectivity index (χ2v) is 4.05. The van der Waals surface area contributed by atoms with Gasteiger partial charge in [-0.3, -0.25) is 4.40 Å². The minimum Gasteiger partial charge on any atom is -0.493 e. The molecule has 5 nitrogen and oxygen atoms in total. The molecule has 0 fully saturated rings. The van der Waals surface area contributed by atoms with Gasteiger partial charge in [0, 0.05) is 6.20 Å². The Bertz CT molecular complexity index is 712. The van der Waals surface area contributed by atoms with Crippen molar-refractivity contribution >= 4 is 11.5 Å². The number of hydrogen-bond donors (Lipinski definition) is 1. The Morgan fingerprint density at radius 2 is 2.22 bits per heavy atom. The first-order valence-electron chi connectivity index (χ1n) is 5.57. The fourth-order valence-corrected chi connectivity index (χ4v) is 2.00. The molecule has 0 unspecified atom stereocenters. The molecule has 3 aromatic rings. The molecule has 0 aliphatic rings. The van der Waals surface area contributed by atoms with Crippen molar-refractivity contribution in [1.82, 2.24) is 9.38 Å². The molecule has 2 N–H and O–H groups in total. The molecular formula is C13H13N3O2. The van der Waals surface area contributed by atoms with Crippen LogP contribution in [0.3, 0.4) is 0 Å². The number of fused-ring (bicyclic) bond motifs is 1. The van der Waals surface area contributed by atoms with Crippen LogP contribution in [0, 0.1) is 6.92 Å². The quantitative estimate of drug-likeness (QED) is 0.751. The van der Waals surface area contributed by atoms with Crippen molar-refractivity contribution in [3.8, 4) is 17.2 Å². The highest BCUT2D eigenvalue weighted by Crippen LogP contribution is 2.32. The third-order valence-electron chi connectivity index (χ3n) is 2.95. The molecule has 0 aliphatic heterocycles. The van der Waals surface area contributed by atoms with Gasteiger partial charge < -0.3 is 14.9 Å². The number of hydrogen-bond acceptors (Lipinski definition) is 4. The lowest BCUT2D eigenvalue weighted by Crippen LogP contribution is -1.95. The average molecular weight is 243 g/mol. The van der Waals surface area contributed by atoms with E-state index in [2.05, 4.69) is 4.98 Å². The predicted molar refractivity (Wildman–Crippen MR) is 68.6 cm³/mol. The van der Waals surface area contributed by atoms with Gasteiger partial charge in [-0.15, -0.1) is 0 Å². The van der Waals surface area contributed by atoms with Crippen LogP contribution in [-0.4, -0.2) is 16.5 Å². The molecule has 0 spiro atoms. The molecule has 0 amide bonds. The van der Waals surface area contributed by atoms with Crippen molar-refractivity contribution in [3.63, 3.8) is 0 Å². The van der Waals surface area contributed by atoms with Crippen LogP contribution >= 0.6 is 0 Å². The number of nitrogens with zero attached hydrogens (tertiary/aromatic N) is 2. The summed E-state index contributed by atoms with van der Waals surface area (Å²) in [5.41, 5.74) is 8.44. The van der Waals surface area contributed by atoms with Crippen molar-refractivity contribution in [3.05, 3.63) is 36.2 Å². The summed E-state index contributed by atoms with van der Waals surface area (Å²) < 4.78 is 12.5. The van der Waals surface area contributed by atoms with E-state index >= 15 is 0 Å². The van der Waals surface area contributed by atoms with Gasteiger partial charge in [-0.1, -0.05) is 0 Å². The van der Waals surface area contributed by atoms with Gasteiger partial charge in [0.15, 0.2) is 17.2 Å². The van der Waals surface area contributed by atoms with Crippen LogP contribution in [0.5, 0.6) is 5.75 Å². The molecule has 0 aliphatic carbocycles. The van der Waals surface area contributed by atoms with Crippen LogP contribution in [0.25, 0.3) is 17.1 Å². The van der Waals surface area contributed by atoms with Crippen molar-refractivity contribution in [2.45, 2.75) is 6.92 Å². The van der Waals surface area contributed by atoms with E-state index in [1.165, 1.54) is 0 Å². The van der Waals surface area contributed by atoms with Gasteiger partial charge in [0.25, 0.3) is 0 Å². The third kappa shape index (κ3) is 1.37. The number of anilines is 1. The zero-order chi connectivity index (χ0) is 12.7. The first-order valence-corrected chi connectivity index (χ1v) is 5.57. The summed E-state index contributed by atoms with van der Waals surface area (Å²) in [5.74, 6) is 1.92. The van der Waals surface area contributed by atoms with E-state index < -0.39 is 0 Å². The van der Waals surface area contributed by atoms with Crippen LogP contribution in [-0.2, 0) is 0 Å². The molecular weight excluding hydrogens is 230 g/mol. The second kappa shape index (κ2) is 3.80. The molecule has 5 heteroatoms. The van der Waals surface area contributed by atoms with Gasteiger partial charge in [0.1, 0.15) is 11.5 Å². The Morgan fingerprint density at radius 1 is 1.39 bits per heavy atom. The lowest BCUT2D eigenvalue weighted by atomic mass is 10.2. The van der Waals surface area contributed by atoms with Crippen LogP contribution in [0.2, 0.25) is 0 Å². The normalized spacial score (nSPS) is 11.0. The maximum Gasteiger partial charge on any atom is 0.182 e. The van der Waals surface area contributed by atoms with Crippen molar-refractivity contribution in [2.75, 3.05) is 12.8 Å². The number of furan rings is 1. The van der Waals surface area contributed by atoms with Crippen LogP contribution in [0.15, 0.2) is 35.1 Å². The van der Waals surface area contributed by atoms with Crippen LogP contribution in [0.1, 0.15) is 5.56 Å². The molecule has 0 saturated carbocycles. The molecule has 3 heterocycles. The van der Waals surface area contributed by atoms with E-state index in [0.29, 0.717) is 28.7 Å². The Kier molecular flexibility index (Phi) is 2.26. The number of imidazole rings is 1. The van der Waals surface area contributed by atoms with Crippen LogP contribution in [0.4, 0.5) is 5.82 Å². The second-order valence-electron chi connectivity index (χ2n) is 4.05. The predicted octanol–water partition coefficient (Wildman–Crippen LogP) is 2.49. The first-order chi connectivity index (χ1) is 8.72. The topological polar surface area (TPSA) is 65.7 Å².